The van der Waals surface area contributed by atoms with E-state index in [1.807, 2.05) is 12.1 Å². The van der Waals surface area contributed by atoms with Gasteiger partial charge in [-0.25, -0.2) is 0 Å². The van der Waals surface area contributed by atoms with Gasteiger partial charge in [0.25, 0.3) is 0 Å². The van der Waals surface area contributed by atoms with Gasteiger partial charge >= 0.3 is 0 Å². The number of benzene rings is 1. The van der Waals surface area contributed by atoms with Gasteiger partial charge < -0.3 is 20.6 Å². The van der Waals surface area contributed by atoms with E-state index in [-0.39, 0.29) is 5.84 Å². The fourth-order valence-corrected chi connectivity index (χ4v) is 2.83. The Bertz CT molecular complexity index is 486. The van der Waals surface area contributed by atoms with Crippen LogP contribution < -0.4 is 10.6 Å². The molecule has 0 spiro atoms. The first-order valence-electron chi connectivity index (χ1n) is 6.98. The van der Waals surface area contributed by atoms with Crippen molar-refractivity contribution >= 4 is 11.5 Å². The maximum absolute atomic E-state index is 8.94. The highest BCUT2D eigenvalue weighted by atomic mass is 16.5. The minimum Gasteiger partial charge on any atom is -0.409 e. The zero-order chi connectivity index (χ0) is 14.5. The Morgan fingerprint density at radius 2 is 2.35 bits per heavy atom. The van der Waals surface area contributed by atoms with Gasteiger partial charge in [0, 0.05) is 31.5 Å². The highest BCUT2D eigenvalue weighted by Crippen LogP contribution is 2.27. The highest BCUT2D eigenvalue weighted by Gasteiger charge is 2.22. The largest absolute Gasteiger partial charge is 0.409 e. The first kappa shape index (κ1) is 14.7. The molecule has 0 saturated carbocycles. The third-order valence-electron chi connectivity index (χ3n) is 3.80. The lowest BCUT2D eigenvalue weighted by Crippen LogP contribution is -2.38. The molecule has 1 fully saturated rings. The van der Waals surface area contributed by atoms with Crippen molar-refractivity contribution in [1.82, 2.24) is 0 Å². The normalized spacial score (nSPS) is 20.2. The van der Waals surface area contributed by atoms with Crippen LogP contribution in [0.3, 0.4) is 0 Å². The van der Waals surface area contributed by atoms with E-state index in [1.54, 1.807) is 7.11 Å². The van der Waals surface area contributed by atoms with Gasteiger partial charge in [0.15, 0.2) is 5.84 Å². The average Bonchev–Trinajstić information content (AvgIpc) is 2.47. The molecule has 1 aromatic carbocycles. The predicted octanol–water partition coefficient (Wildman–Crippen LogP) is 1.95. The summed E-state index contributed by atoms with van der Waals surface area (Å²) in [7, 11) is 1.74. The molecule has 0 aromatic heterocycles. The smallest absolute Gasteiger partial charge is 0.172 e. The van der Waals surface area contributed by atoms with Crippen molar-refractivity contribution in [3.63, 3.8) is 0 Å². The molecular formula is C15H23N3O2. The van der Waals surface area contributed by atoms with Crippen molar-refractivity contribution in [3.8, 4) is 0 Å². The van der Waals surface area contributed by atoms with Gasteiger partial charge in [-0.2, -0.15) is 0 Å². The zero-order valence-electron chi connectivity index (χ0n) is 12.2. The van der Waals surface area contributed by atoms with E-state index in [9.17, 15) is 0 Å². The van der Waals surface area contributed by atoms with Gasteiger partial charge in [-0.05, 0) is 43.4 Å². The molecule has 1 atom stereocenters. The molecule has 1 heterocycles. The number of piperidine rings is 1. The minimum absolute atomic E-state index is 0.161. The Hall–Kier alpha value is -1.75. The summed E-state index contributed by atoms with van der Waals surface area (Å²) < 4.78 is 5.27. The monoisotopic (exact) mass is 277 g/mol. The number of ether oxygens (including phenoxy) is 1. The standard InChI is InChI=1S/C15H23N3O2/c1-11-5-6-13(15(16)17-19)14(8-11)18-7-3-4-12(9-18)10-20-2/h5-6,8,12,19H,3-4,7,9-10H2,1-2H3,(H2,16,17). The van der Waals surface area contributed by atoms with Crippen LogP contribution in [0.15, 0.2) is 23.4 Å². The molecular weight excluding hydrogens is 254 g/mol. The van der Waals surface area contributed by atoms with Crippen molar-refractivity contribution in [2.45, 2.75) is 19.8 Å². The second kappa shape index (κ2) is 6.61. The molecule has 1 unspecified atom stereocenters. The van der Waals surface area contributed by atoms with E-state index in [0.29, 0.717) is 5.92 Å². The van der Waals surface area contributed by atoms with Crippen LogP contribution in [0.1, 0.15) is 24.0 Å². The molecule has 0 aliphatic carbocycles. The van der Waals surface area contributed by atoms with Crippen LogP contribution in [0.5, 0.6) is 0 Å². The number of methoxy groups -OCH3 is 1. The fourth-order valence-electron chi connectivity index (χ4n) is 2.83. The van der Waals surface area contributed by atoms with E-state index in [1.165, 1.54) is 12.0 Å². The molecule has 1 aliphatic rings. The molecule has 2 rings (SSSR count). The van der Waals surface area contributed by atoms with Crippen molar-refractivity contribution in [3.05, 3.63) is 29.3 Å². The molecule has 1 aliphatic heterocycles. The Morgan fingerprint density at radius 1 is 1.55 bits per heavy atom. The first-order valence-corrected chi connectivity index (χ1v) is 6.98. The van der Waals surface area contributed by atoms with Crippen LogP contribution in [-0.2, 0) is 4.74 Å². The van der Waals surface area contributed by atoms with Crippen molar-refractivity contribution in [2.24, 2.45) is 16.8 Å². The van der Waals surface area contributed by atoms with Crippen LogP contribution >= 0.6 is 0 Å². The Morgan fingerprint density at radius 3 is 3.05 bits per heavy atom. The Balaban J connectivity index is 2.28. The Labute approximate surface area is 120 Å². The number of aryl methyl sites for hydroxylation is 1. The van der Waals surface area contributed by atoms with Crippen molar-refractivity contribution < 1.29 is 9.94 Å². The Kier molecular flexibility index (Phi) is 4.84. The lowest BCUT2D eigenvalue weighted by Gasteiger charge is -2.35. The number of rotatable bonds is 4. The maximum Gasteiger partial charge on any atom is 0.172 e. The highest BCUT2D eigenvalue weighted by molar-refractivity contribution is 6.02. The number of amidine groups is 1. The molecule has 1 aromatic rings. The molecule has 0 bridgehead atoms. The third-order valence-corrected chi connectivity index (χ3v) is 3.80. The molecule has 0 radical (unpaired) electrons. The third kappa shape index (κ3) is 3.22. The van der Waals surface area contributed by atoms with E-state index in [4.69, 9.17) is 15.7 Å². The fraction of sp³-hybridized carbons (Fsp3) is 0.533. The van der Waals surface area contributed by atoms with Gasteiger partial charge in [-0.3, -0.25) is 0 Å². The summed E-state index contributed by atoms with van der Waals surface area (Å²) in [4.78, 5) is 2.31. The summed E-state index contributed by atoms with van der Waals surface area (Å²) in [5.41, 5.74) is 8.79. The lowest BCUT2D eigenvalue weighted by atomic mass is 9.97. The second-order valence-corrected chi connectivity index (χ2v) is 5.42. The van der Waals surface area contributed by atoms with Gasteiger partial charge in [0.05, 0.1) is 6.61 Å². The summed E-state index contributed by atoms with van der Waals surface area (Å²) in [5.74, 6) is 0.697. The van der Waals surface area contributed by atoms with Crippen LogP contribution in [-0.4, -0.2) is 37.8 Å². The second-order valence-electron chi connectivity index (χ2n) is 5.42. The summed E-state index contributed by atoms with van der Waals surface area (Å²) in [6, 6.07) is 6.00. The summed E-state index contributed by atoms with van der Waals surface area (Å²) >= 11 is 0. The molecule has 5 nitrogen and oxygen atoms in total. The van der Waals surface area contributed by atoms with Gasteiger partial charge in [-0.15, -0.1) is 0 Å². The summed E-state index contributed by atoms with van der Waals surface area (Å²) in [6.45, 7) is 4.77. The van der Waals surface area contributed by atoms with Crippen LogP contribution in [0.2, 0.25) is 0 Å². The van der Waals surface area contributed by atoms with Crippen LogP contribution in [0, 0.1) is 12.8 Å². The molecule has 110 valence electrons. The number of nitrogens with two attached hydrogens (primary N) is 1. The molecule has 5 heteroatoms. The van der Waals surface area contributed by atoms with Gasteiger partial charge in [0.2, 0.25) is 0 Å². The van der Waals surface area contributed by atoms with Gasteiger partial charge in [-0.1, -0.05) is 11.2 Å². The number of oxime groups is 1. The zero-order valence-corrected chi connectivity index (χ0v) is 12.2. The molecule has 3 N–H and O–H groups in total. The van der Waals surface area contributed by atoms with E-state index < -0.39 is 0 Å². The van der Waals surface area contributed by atoms with Crippen molar-refractivity contribution in [1.29, 1.82) is 0 Å². The minimum atomic E-state index is 0.161. The quantitative estimate of drug-likeness (QED) is 0.382. The maximum atomic E-state index is 8.94. The van der Waals surface area contributed by atoms with Crippen LogP contribution in [0.4, 0.5) is 5.69 Å². The summed E-state index contributed by atoms with van der Waals surface area (Å²) in [6.07, 6.45) is 2.33. The molecule has 20 heavy (non-hydrogen) atoms. The molecule has 0 amide bonds. The molecule has 1 saturated heterocycles. The van der Waals surface area contributed by atoms with E-state index >= 15 is 0 Å². The van der Waals surface area contributed by atoms with Gasteiger partial charge in [0.1, 0.15) is 0 Å². The number of anilines is 1. The van der Waals surface area contributed by atoms with Crippen LogP contribution in [0.25, 0.3) is 0 Å². The topological polar surface area (TPSA) is 71.1 Å². The lowest BCUT2D eigenvalue weighted by molar-refractivity contribution is 0.143. The number of hydrogen-bond acceptors (Lipinski definition) is 4. The number of hydrogen-bond donors (Lipinski definition) is 2. The van der Waals surface area contributed by atoms with Crippen molar-refractivity contribution in [2.75, 3.05) is 31.7 Å². The number of nitrogens with zero attached hydrogens (tertiary/aromatic N) is 2. The average molecular weight is 277 g/mol. The van der Waals surface area contributed by atoms with E-state index in [2.05, 4.69) is 23.0 Å². The first-order chi connectivity index (χ1) is 9.65. The summed E-state index contributed by atoms with van der Waals surface area (Å²) in [5, 5.41) is 12.1. The predicted molar refractivity (Wildman–Crippen MR) is 80.5 cm³/mol. The van der Waals surface area contributed by atoms with E-state index in [0.717, 1.165) is 37.4 Å². The SMILES string of the molecule is COCC1CCCN(c2cc(C)ccc2/C(N)=N/O)C1.